The molecule has 0 aliphatic heterocycles. The second kappa shape index (κ2) is 16.0. The number of rotatable bonds is 12. The van der Waals surface area contributed by atoms with Gasteiger partial charge in [0.1, 0.15) is 12.6 Å². The van der Waals surface area contributed by atoms with E-state index >= 15 is 0 Å². The lowest BCUT2D eigenvalue weighted by molar-refractivity contribution is -0.140. The standard InChI is InChI=1S/C37H39BrClN3O4S/c1-27-11-8-9-18-34(27)42(47(45,46)33-21-19-31(39)20-22-33)26-36(43)41(25-29-14-10-15-30(38)23-29)35(24-28-12-4-2-5-13-28)37(44)40-32-16-6-3-7-17-32/h2,4-5,8-15,18-23,32,35H,3,6-7,16-17,24-26H2,1H3,(H,40,44)/t35-/m1/s1. The summed E-state index contributed by atoms with van der Waals surface area (Å²) in [5.74, 6) is -0.738. The maximum absolute atomic E-state index is 14.7. The quantitative estimate of drug-likeness (QED) is 0.162. The van der Waals surface area contributed by atoms with Gasteiger partial charge in [-0.25, -0.2) is 8.42 Å². The predicted octanol–water partition coefficient (Wildman–Crippen LogP) is 7.70. The van der Waals surface area contributed by atoms with E-state index in [1.807, 2.05) is 60.7 Å². The lowest BCUT2D eigenvalue weighted by Crippen LogP contribution is -2.55. The van der Waals surface area contributed by atoms with Crippen molar-refractivity contribution in [2.24, 2.45) is 0 Å². The maximum Gasteiger partial charge on any atom is 0.264 e. The van der Waals surface area contributed by atoms with Gasteiger partial charge in [-0.05, 0) is 78.9 Å². The Morgan fingerprint density at radius 2 is 1.53 bits per heavy atom. The first-order chi connectivity index (χ1) is 22.6. The average molecular weight is 737 g/mol. The molecule has 0 saturated heterocycles. The van der Waals surface area contributed by atoms with Crippen molar-refractivity contribution in [1.29, 1.82) is 0 Å². The number of sulfonamides is 1. The minimum Gasteiger partial charge on any atom is -0.352 e. The van der Waals surface area contributed by atoms with Gasteiger partial charge in [0.15, 0.2) is 0 Å². The fourth-order valence-corrected chi connectivity index (χ4v) is 8.07. The van der Waals surface area contributed by atoms with Crippen molar-refractivity contribution in [1.82, 2.24) is 10.2 Å². The molecule has 1 aliphatic carbocycles. The minimum atomic E-state index is -4.21. The smallest absolute Gasteiger partial charge is 0.264 e. The molecule has 1 aliphatic rings. The molecule has 0 unspecified atom stereocenters. The molecule has 4 aromatic carbocycles. The van der Waals surface area contributed by atoms with Gasteiger partial charge < -0.3 is 10.2 Å². The summed E-state index contributed by atoms with van der Waals surface area (Å²) in [5, 5.41) is 3.64. The van der Waals surface area contributed by atoms with Crippen LogP contribution in [0.4, 0.5) is 5.69 Å². The highest BCUT2D eigenvalue weighted by molar-refractivity contribution is 9.10. The van der Waals surface area contributed by atoms with E-state index in [4.69, 9.17) is 11.6 Å². The van der Waals surface area contributed by atoms with Crippen molar-refractivity contribution in [2.45, 2.75) is 69.0 Å². The molecule has 47 heavy (non-hydrogen) atoms. The van der Waals surface area contributed by atoms with E-state index in [1.54, 1.807) is 25.1 Å². The Morgan fingerprint density at radius 1 is 0.872 bits per heavy atom. The molecule has 1 fully saturated rings. The number of benzene rings is 4. The van der Waals surface area contributed by atoms with Crippen LogP contribution in [0.25, 0.3) is 0 Å². The van der Waals surface area contributed by atoms with E-state index in [2.05, 4.69) is 21.2 Å². The molecule has 0 aromatic heterocycles. The Bertz CT molecular complexity index is 1780. The van der Waals surface area contributed by atoms with E-state index in [9.17, 15) is 18.0 Å². The van der Waals surface area contributed by atoms with Crippen molar-refractivity contribution in [2.75, 3.05) is 10.8 Å². The molecule has 246 valence electrons. The number of para-hydroxylation sites is 1. The monoisotopic (exact) mass is 735 g/mol. The number of carbonyl (C=O) groups is 2. The summed E-state index contributed by atoms with van der Waals surface area (Å²) in [4.78, 5) is 30.5. The zero-order chi connectivity index (χ0) is 33.4. The Balaban J connectivity index is 1.57. The zero-order valence-corrected chi connectivity index (χ0v) is 29.5. The second-order valence-corrected chi connectivity index (χ2v) is 15.2. The molecule has 7 nitrogen and oxygen atoms in total. The van der Waals surface area contributed by atoms with Crippen LogP contribution in [0.2, 0.25) is 5.02 Å². The number of nitrogens with one attached hydrogen (secondary N) is 1. The number of aryl methyl sites for hydroxylation is 1. The number of nitrogens with zero attached hydrogens (tertiary/aromatic N) is 2. The Labute approximate surface area is 291 Å². The van der Waals surface area contributed by atoms with Gasteiger partial charge in [-0.2, -0.15) is 0 Å². The number of hydrogen-bond acceptors (Lipinski definition) is 4. The molecule has 1 saturated carbocycles. The van der Waals surface area contributed by atoms with Gasteiger partial charge in [0.2, 0.25) is 11.8 Å². The van der Waals surface area contributed by atoms with Gasteiger partial charge >= 0.3 is 0 Å². The van der Waals surface area contributed by atoms with Crippen LogP contribution in [-0.2, 0) is 32.6 Å². The third kappa shape index (κ3) is 9.03. The Hall–Kier alpha value is -3.66. The normalized spacial score (nSPS) is 14.3. The summed E-state index contributed by atoms with van der Waals surface area (Å²) >= 11 is 9.62. The first-order valence-corrected chi connectivity index (χ1v) is 18.4. The van der Waals surface area contributed by atoms with Crippen LogP contribution >= 0.6 is 27.5 Å². The van der Waals surface area contributed by atoms with Crippen LogP contribution in [0.1, 0.15) is 48.8 Å². The minimum absolute atomic E-state index is 0.00682. The number of anilines is 1. The Morgan fingerprint density at radius 3 is 2.21 bits per heavy atom. The summed E-state index contributed by atoms with van der Waals surface area (Å²) < 4.78 is 30.5. The largest absolute Gasteiger partial charge is 0.352 e. The van der Waals surface area contributed by atoms with Gasteiger partial charge in [-0.15, -0.1) is 0 Å². The molecule has 1 N–H and O–H groups in total. The number of carbonyl (C=O) groups excluding carboxylic acids is 2. The molecule has 5 rings (SSSR count). The van der Waals surface area contributed by atoms with Crippen molar-refractivity contribution in [3.8, 4) is 0 Å². The van der Waals surface area contributed by atoms with Crippen molar-refractivity contribution in [3.63, 3.8) is 0 Å². The van der Waals surface area contributed by atoms with Gasteiger partial charge in [0.05, 0.1) is 10.6 Å². The molecule has 0 heterocycles. The summed E-state index contributed by atoms with van der Waals surface area (Å²) in [6.45, 7) is 1.40. The second-order valence-electron chi connectivity index (χ2n) is 12.0. The third-order valence-electron chi connectivity index (χ3n) is 8.53. The van der Waals surface area contributed by atoms with Crippen LogP contribution in [0.5, 0.6) is 0 Å². The molecular weight excluding hydrogens is 698 g/mol. The molecular formula is C37H39BrClN3O4S. The fraction of sp³-hybridized carbons (Fsp3) is 0.297. The third-order valence-corrected chi connectivity index (χ3v) is 11.0. The highest BCUT2D eigenvalue weighted by Crippen LogP contribution is 2.29. The summed E-state index contributed by atoms with van der Waals surface area (Å²) in [7, 11) is -4.21. The number of hydrogen-bond donors (Lipinski definition) is 1. The van der Waals surface area contributed by atoms with Crippen LogP contribution in [0.15, 0.2) is 112 Å². The van der Waals surface area contributed by atoms with Gasteiger partial charge in [-0.1, -0.05) is 107 Å². The van der Waals surface area contributed by atoms with Crippen LogP contribution in [-0.4, -0.2) is 43.8 Å². The number of halogens is 2. The molecule has 2 amide bonds. The lowest BCUT2D eigenvalue weighted by atomic mass is 9.94. The van der Waals surface area contributed by atoms with Crippen LogP contribution in [0.3, 0.4) is 0 Å². The maximum atomic E-state index is 14.7. The fourth-order valence-electron chi connectivity index (χ4n) is 6.02. The molecule has 1 atom stereocenters. The highest BCUT2D eigenvalue weighted by atomic mass is 79.9. The molecule has 10 heteroatoms. The average Bonchev–Trinajstić information content (AvgIpc) is 3.06. The number of amides is 2. The Kier molecular flexibility index (Phi) is 11.8. The van der Waals surface area contributed by atoms with Crippen LogP contribution < -0.4 is 9.62 Å². The van der Waals surface area contributed by atoms with E-state index in [1.165, 1.54) is 29.2 Å². The highest BCUT2D eigenvalue weighted by Gasteiger charge is 2.35. The van der Waals surface area contributed by atoms with Gasteiger partial charge in [-0.3, -0.25) is 13.9 Å². The first-order valence-electron chi connectivity index (χ1n) is 15.8. The molecule has 4 aromatic rings. The predicted molar refractivity (Wildman–Crippen MR) is 191 cm³/mol. The van der Waals surface area contributed by atoms with Gasteiger partial charge in [0, 0.05) is 28.5 Å². The summed E-state index contributed by atoms with van der Waals surface area (Å²) in [6.07, 6.45) is 5.29. The summed E-state index contributed by atoms with van der Waals surface area (Å²) in [5.41, 5.74) is 2.77. The van der Waals surface area contributed by atoms with Crippen molar-refractivity contribution in [3.05, 3.63) is 129 Å². The lowest BCUT2D eigenvalue weighted by Gasteiger charge is -2.35. The van der Waals surface area contributed by atoms with E-state index in [-0.39, 0.29) is 29.8 Å². The molecule has 0 bridgehead atoms. The van der Waals surface area contributed by atoms with Gasteiger partial charge in [0.25, 0.3) is 10.0 Å². The van der Waals surface area contributed by atoms with E-state index in [0.717, 1.165) is 52.0 Å². The van der Waals surface area contributed by atoms with Crippen molar-refractivity contribution < 1.29 is 18.0 Å². The van der Waals surface area contributed by atoms with Crippen LogP contribution in [0, 0.1) is 6.92 Å². The topological polar surface area (TPSA) is 86.8 Å². The molecule has 0 radical (unpaired) electrons. The van der Waals surface area contributed by atoms with Crippen molar-refractivity contribution >= 4 is 55.1 Å². The van der Waals surface area contributed by atoms with E-state index < -0.39 is 28.5 Å². The zero-order valence-electron chi connectivity index (χ0n) is 26.3. The SMILES string of the molecule is Cc1ccccc1N(CC(=O)N(Cc1cccc(Br)c1)[C@H](Cc1ccccc1)C(=O)NC1CCCCC1)S(=O)(=O)c1ccc(Cl)cc1. The molecule has 0 spiro atoms. The first kappa shape index (κ1) is 34.7. The summed E-state index contributed by atoms with van der Waals surface area (Å²) in [6, 6.07) is 29.3. The van der Waals surface area contributed by atoms with E-state index in [0.29, 0.717) is 16.3 Å².